The van der Waals surface area contributed by atoms with E-state index in [1.54, 1.807) is 18.6 Å². The van der Waals surface area contributed by atoms with E-state index in [1.165, 1.54) is 0 Å². The summed E-state index contributed by atoms with van der Waals surface area (Å²) in [6.07, 6.45) is 6.34. The number of aliphatic hydroxyl groups excluding tert-OH is 1. The van der Waals surface area contributed by atoms with Gasteiger partial charge in [0.25, 0.3) is 0 Å². The summed E-state index contributed by atoms with van der Waals surface area (Å²) in [7, 11) is 0. The predicted molar refractivity (Wildman–Crippen MR) is 52.3 cm³/mol. The molecule has 0 bridgehead atoms. The molecule has 0 fully saturated rings. The third kappa shape index (κ3) is 2.42. The van der Waals surface area contributed by atoms with Crippen molar-refractivity contribution >= 4 is 0 Å². The normalized spacial score (nSPS) is 12.8. The van der Waals surface area contributed by atoms with E-state index in [1.807, 2.05) is 4.57 Å². The van der Waals surface area contributed by atoms with Crippen molar-refractivity contribution < 1.29 is 5.11 Å². The van der Waals surface area contributed by atoms with E-state index in [4.69, 9.17) is 0 Å². The molecule has 1 aromatic heterocycles. The first-order valence-corrected chi connectivity index (χ1v) is 4.58. The van der Waals surface area contributed by atoms with Gasteiger partial charge in [-0.1, -0.05) is 13.0 Å². The van der Waals surface area contributed by atoms with Gasteiger partial charge in [-0.15, -0.1) is 6.58 Å². The molecule has 0 saturated heterocycles. The third-order valence-electron chi connectivity index (χ3n) is 1.94. The zero-order valence-electron chi connectivity index (χ0n) is 7.98. The van der Waals surface area contributed by atoms with Crippen LogP contribution in [0, 0.1) is 0 Å². The fourth-order valence-corrected chi connectivity index (χ4v) is 1.31. The highest BCUT2D eigenvalue weighted by Crippen LogP contribution is 2.16. The Morgan fingerprint density at radius 1 is 1.77 bits per heavy atom. The van der Waals surface area contributed by atoms with Crippen molar-refractivity contribution in [1.82, 2.24) is 9.55 Å². The van der Waals surface area contributed by atoms with Crippen molar-refractivity contribution in [2.75, 3.05) is 0 Å². The average Bonchev–Trinajstić information content (AvgIpc) is 2.54. The molecule has 0 aliphatic rings. The number of nitrogens with zero attached hydrogens (tertiary/aromatic N) is 2. The number of rotatable bonds is 5. The smallest absolute Gasteiger partial charge is 0.0989 e. The summed E-state index contributed by atoms with van der Waals surface area (Å²) in [6, 6.07) is 0. The van der Waals surface area contributed by atoms with Gasteiger partial charge in [0, 0.05) is 6.54 Å². The summed E-state index contributed by atoms with van der Waals surface area (Å²) < 4.78 is 1.98. The molecular formula is C10H16N2O. The van der Waals surface area contributed by atoms with Crippen LogP contribution in [0.1, 0.15) is 31.6 Å². The summed E-state index contributed by atoms with van der Waals surface area (Å²) in [4.78, 5) is 4.01. The monoisotopic (exact) mass is 180 g/mol. The maximum atomic E-state index is 9.68. The molecule has 13 heavy (non-hydrogen) atoms. The van der Waals surface area contributed by atoms with E-state index >= 15 is 0 Å². The molecule has 1 aromatic rings. The summed E-state index contributed by atoms with van der Waals surface area (Å²) >= 11 is 0. The lowest BCUT2D eigenvalue weighted by atomic mass is 10.2. The van der Waals surface area contributed by atoms with Crippen molar-refractivity contribution in [3.63, 3.8) is 0 Å². The van der Waals surface area contributed by atoms with E-state index in [0.717, 1.165) is 18.7 Å². The van der Waals surface area contributed by atoms with Crippen LogP contribution in [0.3, 0.4) is 0 Å². The Hall–Kier alpha value is -1.09. The molecule has 3 nitrogen and oxygen atoms in total. The van der Waals surface area contributed by atoms with Crippen molar-refractivity contribution in [3.05, 3.63) is 30.9 Å². The van der Waals surface area contributed by atoms with Gasteiger partial charge in [0.15, 0.2) is 0 Å². The largest absolute Gasteiger partial charge is 0.387 e. The van der Waals surface area contributed by atoms with Crippen LogP contribution in [-0.2, 0) is 6.54 Å². The van der Waals surface area contributed by atoms with Gasteiger partial charge in [0.2, 0.25) is 0 Å². The fraction of sp³-hybridized carbons (Fsp3) is 0.500. The highest BCUT2D eigenvalue weighted by Gasteiger charge is 2.10. The molecular weight excluding hydrogens is 164 g/mol. The summed E-state index contributed by atoms with van der Waals surface area (Å²) in [5.41, 5.74) is 0.877. The summed E-state index contributed by atoms with van der Waals surface area (Å²) in [6.45, 7) is 6.60. The van der Waals surface area contributed by atoms with Crippen LogP contribution in [0.5, 0.6) is 0 Å². The maximum Gasteiger partial charge on any atom is 0.0989 e. The molecule has 1 rings (SSSR count). The molecule has 3 heteroatoms. The summed E-state index contributed by atoms with van der Waals surface area (Å²) in [5.74, 6) is 0. The minimum absolute atomic E-state index is 0.466. The molecule has 0 saturated carbocycles. The van der Waals surface area contributed by atoms with Gasteiger partial charge in [0.05, 0.1) is 24.3 Å². The molecule has 0 amide bonds. The Balaban J connectivity index is 2.73. The number of aromatic nitrogens is 2. The van der Waals surface area contributed by atoms with Crippen LogP contribution in [-0.4, -0.2) is 14.7 Å². The molecule has 1 unspecified atom stereocenters. The molecule has 1 N–H and O–H groups in total. The van der Waals surface area contributed by atoms with Crippen LogP contribution in [0.25, 0.3) is 0 Å². The fourth-order valence-electron chi connectivity index (χ4n) is 1.31. The second-order valence-corrected chi connectivity index (χ2v) is 3.05. The van der Waals surface area contributed by atoms with Crippen molar-refractivity contribution in [2.45, 2.75) is 32.4 Å². The predicted octanol–water partition coefficient (Wildman–Crippen LogP) is 1.90. The summed E-state index contributed by atoms with van der Waals surface area (Å²) in [5, 5.41) is 9.68. The molecule has 72 valence electrons. The van der Waals surface area contributed by atoms with E-state index in [2.05, 4.69) is 18.5 Å². The minimum atomic E-state index is -0.466. The lowest BCUT2D eigenvalue weighted by molar-refractivity contribution is 0.171. The van der Waals surface area contributed by atoms with E-state index in [9.17, 15) is 5.11 Å². The molecule has 1 atom stereocenters. The van der Waals surface area contributed by atoms with Crippen molar-refractivity contribution in [3.8, 4) is 0 Å². The first-order valence-electron chi connectivity index (χ1n) is 4.58. The maximum absolute atomic E-state index is 9.68. The lowest BCUT2D eigenvalue weighted by Crippen LogP contribution is -2.06. The quantitative estimate of drug-likeness (QED) is 0.703. The topological polar surface area (TPSA) is 38.1 Å². The van der Waals surface area contributed by atoms with Crippen LogP contribution >= 0.6 is 0 Å². The molecule has 1 heterocycles. The molecule has 0 radical (unpaired) electrons. The average molecular weight is 180 g/mol. The second kappa shape index (κ2) is 4.82. The van der Waals surface area contributed by atoms with Gasteiger partial charge in [-0.3, -0.25) is 0 Å². The number of hydrogen-bond acceptors (Lipinski definition) is 2. The van der Waals surface area contributed by atoms with E-state index < -0.39 is 6.10 Å². The minimum Gasteiger partial charge on any atom is -0.387 e. The van der Waals surface area contributed by atoms with E-state index in [0.29, 0.717) is 6.42 Å². The Labute approximate surface area is 78.7 Å². The number of aliphatic hydroxyl groups is 1. The molecule has 0 aliphatic heterocycles. The zero-order valence-corrected chi connectivity index (χ0v) is 7.98. The Morgan fingerprint density at radius 3 is 3.15 bits per heavy atom. The van der Waals surface area contributed by atoms with Gasteiger partial charge in [-0.05, 0) is 12.8 Å². The lowest BCUT2D eigenvalue weighted by Gasteiger charge is -2.10. The van der Waals surface area contributed by atoms with Crippen molar-refractivity contribution in [1.29, 1.82) is 0 Å². The highest BCUT2D eigenvalue weighted by atomic mass is 16.3. The van der Waals surface area contributed by atoms with Gasteiger partial charge >= 0.3 is 0 Å². The third-order valence-corrected chi connectivity index (χ3v) is 1.94. The van der Waals surface area contributed by atoms with Gasteiger partial charge in [-0.2, -0.15) is 0 Å². The second-order valence-electron chi connectivity index (χ2n) is 3.05. The number of imidazole rings is 1. The molecule has 0 aliphatic carbocycles. The van der Waals surface area contributed by atoms with Crippen molar-refractivity contribution in [2.24, 2.45) is 0 Å². The standard InChI is InChI=1S/C10H16N2O/c1-3-5-10(13)9-7-11-8-12(9)6-4-2/h3,7-8,10,13H,1,4-6H2,2H3. The molecule has 0 spiro atoms. The number of aryl methyl sites for hydroxylation is 1. The van der Waals surface area contributed by atoms with Crippen LogP contribution in [0.15, 0.2) is 25.2 Å². The SMILES string of the molecule is C=CCC(O)c1cncn1CCC. The Kier molecular flexibility index (Phi) is 3.71. The van der Waals surface area contributed by atoms with Crippen LogP contribution < -0.4 is 0 Å². The Morgan fingerprint density at radius 2 is 2.54 bits per heavy atom. The van der Waals surface area contributed by atoms with Gasteiger partial charge < -0.3 is 9.67 Å². The molecule has 0 aromatic carbocycles. The van der Waals surface area contributed by atoms with E-state index in [-0.39, 0.29) is 0 Å². The van der Waals surface area contributed by atoms with Gasteiger partial charge in [0.1, 0.15) is 0 Å². The first-order chi connectivity index (χ1) is 6.29. The van der Waals surface area contributed by atoms with Crippen LogP contribution in [0.4, 0.5) is 0 Å². The van der Waals surface area contributed by atoms with Crippen LogP contribution in [0.2, 0.25) is 0 Å². The van der Waals surface area contributed by atoms with Gasteiger partial charge in [-0.25, -0.2) is 4.98 Å². The number of hydrogen-bond donors (Lipinski definition) is 1. The zero-order chi connectivity index (χ0) is 9.68. The Bertz CT molecular complexity index is 268. The highest BCUT2D eigenvalue weighted by molar-refractivity contribution is 5.04. The first kappa shape index (κ1) is 9.99.